The van der Waals surface area contributed by atoms with Crippen LogP contribution in [0.25, 0.3) is 0 Å². The molecular weight excluding hydrogens is 546 g/mol. The Balaban J connectivity index is 0.00000420. The van der Waals surface area contributed by atoms with Gasteiger partial charge in [0.05, 0.1) is 6.54 Å². The van der Waals surface area contributed by atoms with Crippen molar-refractivity contribution in [3.63, 3.8) is 0 Å². The van der Waals surface area contributed by atoms with Crippen LogP contribution in [0.5, 0.6) is 0 Å². The van der Waals surface area contributed by atoms with Gasteiger partial charge in [-0.15, -0.1) is 24.0 Å². The Hall–Kier alpha value is -0.860. The minimum absolute atomic E-state index is 0. The molecule has 2 N–H and O–H groups in total. The molecule has 0 amide bonds. The number of halogens is 5. The standard InChI is InChI=1S/C16H23ClF3N5O2S.HI/c1-2-21-15(24-11-13-3-4-14(17)22-10-13)23-9-12-5-7-25(8-6-12)28(26,27)16(18,19)20;/h3-4,10,12H,2,5-9,11H2,1H3,(H2,21,23,24);1H. The molecule has 0 atom stereocenters. The number of nitrogens with zero attached hydrogens (tertiary/aromatic N) is 3. The van der Waals surface area contributed by atoms with E-state index in [9.17, 15) is 21.6 Å². The molecule has 0 bridgehead atoms. The number of rotatable bonds is 6. The molecular formula is C16H24ClF3IN5O2S. The zero-order valence-electron chi connectivity index (χ0n) is 15.7. The molecule has 0 aromatic carbocycles. The molecule has 1 aromatic heterocycles. The molecule has 1 aliphatic heterocycles. The second-order valence-corrected chi connectivity index (χ2v) is 8.68. The van der Waals surface area contributed by atoms with Gasteiger partial charge in [-0.1, -0.05) is 17.7 Å². The molecule has 0 unspecified atom stereocenters. The maximum absolute atomic E-state index is 12.6. The van der Waals surface area contributed by atoms with Crippen molar-refractivity contribution >= 4 is 51.6 Å². The van der Waals surface area contributed by atoms with Gasteiger partial charge in [0.2, 0.25) is 0 Å². The van der Waals surface area contributed by atoms with Crippen molar-refractivity contribution in [3.8, 4) is 0 Å². The van der Waals surface area contributed by atoms with Crippen molar-refractivity contribution in [3.05, 3.63) is 29.0 Å². The number of piperidine rings is 1. The van der Waals surface area contributed by atoms with E-state index in [0.29, 0.717) is 47.9 Å². The fourth-order valence-electron chi connectivity index (χ4n) is 2.75. The molecule has 2 rings (SSSR count). The molecule has 2 heterocycles. The predicted octanol–water partition coefficient (Wildman–Crippen LogP) is 2.97. The third-order valence-corrected chi connectivity index (χ3v) is 6.17. The number of nitrogens with one attached hydrogen (secondary N) is 2. The molecule has 1 aliphatic rings. The molecule has 0 aliphatic carbocycles. The first-order valence-electron chi connectivity index (χ1n) is 8.82. The summed E-state index contributed by atoms with van der Waals surface area (Å²) < 4.78 is 61.3. The largest absolute Gasteiger partial charge is 0.511 e. The normalized spacial score (nSPS) is 16.9. The Morgan fingerprint density at radius 3 is 2.48 bits per heavy atom. The van der Waals surface area contributed by atoms with Gasteiger partial charge in [0.1, 0.15) is 5.15 Å². The summed E-state index contributed by atoms with van der Waals surface area (Å²) in [6, 6.07) is 3.49. The number of hydrogen-bond donors (Lipinski definition) is 2. The summed E-state index contributed by atoms with van der Waals surface area (Å²) in [7, 11) is -5.24. The van der Waals surface area contributed by atoms with Crippen LogP contribution < -0.4 is 10.6 Å². The Morgan fingerprint density at radius 2 is 1.97 bits per heavy atom. The average molecular weight is 570 g/mol. The number of sulfonamides is 1. The number of aliphatic imine (C=N–C) groups is 1. The SMILES string of the molecule is CCNC(=NCc1ccc(Cl)nc1)NCC1CCN(S(=O)(=O)C(F)(F)F)CC1.I. The van der Waals surface area contributed by atoms with Gasteiger partial charge in [-0.3, -0.25) is 0 Å². The van der Waals surface area contributed by atoms with Gasteiger partial charge in [0.25, 0.3) is 0 Å². The number of guanidine groups is 1. The minimum atomic E-state index is -5.25. The molecule has 13 heteroatoms. The summed E-state index contributed by atoms with van der Waals surface area (Å²) in [5.41, 5.74) is -4.37. The average Bonchev–Trinajstić information content (AvgIpc) is 2.65. The van der Waals surface area contributed by atoms with E-state index in [2.05, 4.69) is 20.6 Å². The van der Waals surface area contributed by atoms with Gasteiger partial charge in [-0.2, -0.15) is 17.5 Å². The van der Waals surface area contributed by atoms with E-state index in [0.717, 1.165) is 5.56 Å². The second-order valence-electron chi connectivity index (χ2n) is 6.36. The van der Waals surface area contributed by atoms with Crippen molar-refractivity contribution < 1.29 is 21.6 Å². The Kier molecular flexibility index (Phi) is 10.4. The summed E-state index contributed by atoms with van der Waals surface area (Å²) in [6.45, 7) is 3.16. The van der Waals surface area contributed by atoms with Gasteiger partial charge in [-0.25, -0.2) is 18.4 Å². The first-order valence-corrected chi connectivity index (χ1v) is 10.6. The minimum Gasteiger partial charge on any atom is -0.357 e. The fraction of sp³-hybridized carbons (Fsp3) is 0.625. The van der Waals surface area contributed by atoms with Crippen LogP contribution in [-0.4, -0.2) is 55.4 Å². The highest BCUT2D eigenvalue weighted by Crippen LogP contribution is 2.30. The van der Waals surface area contributed by atoms with Gasteiger partial charge in [0.15, 0.2) is 5.96 Å². The monoisotopic (exact) mass is 569 g/mol. The lowest BCUT2D eigenvalue weighted by Crippen LogP contribution is -2.47. The van der Waals surface area contributed by atoms with Gasteiger partial charge in [-0.05, 0) is 37.3 Å². The number of pyridine rings is 1. The third kappa shape index (κ3) is 7.72. The lowest BCUT2D eigenvalue weighted by atomic mass is 9.98. The smallest absolute Gasteiger partial charge is 0.357 e. The number of aromatic nitrogens is 1. The molecule has 1 aromatic rings. The van der Waals surface area contributed by atoms with E-state index >= 15 is 0 Å². The molecule has 1 fully saturated rings. The lowest BCUT2D eigenvalue weighted by molar-refractivity contribution is -0.0496. The van der Waals surface area contributed by atoms with Crippen LogP contribution in [-0.2, 0) is 16.6 Å². The van der Waals surface area contributed by atoms with Crippen LogP contribution in [0, 0.1) is 5.92 Å². The van der Waals surface area contributed by atoms with E-state index < -0.39 is 15.5 Å². The summed E-state index contributed by atoms with van der Waals surface area (Å²) in [6.07, 6.45) is 2.33. The molecule has 7 nitrogen and oxygen atoms in total. The van der Waals surface area contributed by atoms with E-state index in [1.54, 1.807) is 12.3 Å². The van der Waals surface area contributed by atoms with E-state index in [-0.39, 0.29) is 43.0 Å². The van der Waals surface area contributed by atoms with Crippen molar-refractivity contribution in [1.29, 1.82) is 0 Å². The fourth-order valence-corrected chi connectivity index (χ4v) is 3.85. The Morgan fingerprint density at radius 1 is 1.31 bits per heavy atom. The van der Waals surface area contributed by atoms with E-state index in [1.807, 2.05) is 13.0 Å². The van der Waals surface area contributed by atoms with Crippen molar-refractivity contribution in [2.75, 3.05) is 26.2 Å². The van der Waals surface area contributed by atoms with Crippen molar-refractivity contribution in [2.24, 2.45) is 10.9 Å². The predicted molar refractivity (Wildman–Crippen MR) is 117 cm³/mol. The van der Waals surface area contributed by atoms with Gasteiger partial charge >= 0.3 is 15.5 Å². The molecule has 166 valence electrons. The van der Waals surface area contributed by atoms with Crippen LogP contribution in [0.4, 0.5) is 13.2 Å². The number of hydrogen-bond acceptors (Lipinski definition) is 4. The molecule has 0 spiro atoms. The Bertz CT molecular complexity index is 770. The van der Waals surface area contributed by atoms with E-state index in [1.165, 1.54) is 0 Å². The quantitative estimate of drug-likeness (QED) is 0.238. The van der Waals surface area contributed by atoms with Crippen LogP contribution >= 0.6 is 35.6 Å². The summed E-state index contributed by atoms with van der Waals surface area (Å²) >= 11 is 5.75. The van der Waals surface area contributed by atoms with Gasteiger partial charge < -0.3 is 10.6 Å². The summed E-state index contributed by atoms with van der Waals surface area (Å²) in [5.74, 6) is 0.628. The highest BCUT2D eigenvalue weighted by Gasteiger charge is 2.50. The molecule has 1 saturated heterocycles. The maximum Gasteiger partial charge on any atom is 0.511 e. The maximum atomic E-state index is 12.6. The highest BCUT2D eigenvalue weighted by molar-refractivity contribution is 14.0. The Labute approximate surface area is 190 Å². The summed E-state index contributed by atoms with van der Waals surface area (Å²) in [5, 5.41) is 6.65. The second kappa shape index (κ2) is 11.5. The number of alkyl halides is 3. The first-order chi connectivity index (χ1) is 13.1. The van der Waals surface area contributed by atoms with Crippen LogP contribution in [0.2, 0.25) is 5.15 Å². The van der Waals surface area contributed by atoms with Crippen LogP contribution in [0.1, 0.15) is 25.3 Å². The van der Waals surface area contributed by atoms with Crippen LogP contribution in [0.15, 0.2) is 23.3 Å². The van der Waals surface area contributed by atoms with Gasteiger partial charge in [0, 0.05) is 32.4 Å². The molecule has 29 heavy (non-hydrogen) atoms. The highest BCUT2D eigenvalue weighted by atomic mass is 127. The molecule has 0 radical (unpaired) electrons. The lowest BCUT2D eigenvalue weighted by Gasteiger charge is -2.31. The topological polar surface area (TPSA) is 86.7 Å². The first kappa shape index (κ1) is 26.2. The van der Waals surface area contributed by atoms with Crippen molar-refractivity contribution in [2.45, 2.75) is 31.8 Å². The zero-order chi connectivity index (χ0) is 20.8. The van der Waals surface area contributed by atoms with Crippen LogP contribution in [0.3, 0.4) is 0 Å². The van der Waals surface area contributed by atoms with E-state index in [4.69, 9.17) is 11.6 Å². The third-order valence-electron chi connectivity index (χ3n) is 4.32. The van der Waals surface area contributed by atoms with Crippen molar-refractivity contribution in [1.82, 2.24) is 19.9 Å². The zero-order valence-corrected chi connectivity index (χ0v) is 19.6. The summed E-state index contributed by atoms with van der Waals surface area (Å²) in [4.78, 5) is 8.43. The molecule has 0 saturated carbocycles.